The first-order valence-corrected chi connectivity index (χ1v) is 7.94. The molecule has 3 aromatic rings. The smallest absolute Gasteiger partial charge is 0.282 e. The number of hydrogen-bond donors (Lipinski definition) is 1. The van der Waals surface area contributed by atoms with Crippen LogP contribution in [0.15, 0.2) is 40.2 Å². The van der Waals surface area contributed by atoms with Crippen LogP contribution in [-0.4, -0.2) is 35.2 Å². The molecule has 2 aromatic carbocycles. The molecule has 7 nitrogen and oxygen atoms in total. The van der Waals surface area contributed by atoms with Gasteiger partial charge in [-0.15, -0.1) is 0 Å². The Balaban J connectivity index is 2.16. The molecule has 1 heterocycles. The molecule has 0 aliphatic rings. The number of aromatic hydroxyl groups is 1. The van der Waals surface area contributed by atoms with Crippen molar-refractivity contribution < 1.29 is 14.6 Å². The molecule has 1 N–H and O–H groups in total. The molecule has 0 amide bonds. The van der Waals surface area contributed by atoms with Crippen LogP contribution >= 0.6 is 0 Å². The summed E-state index contributed by atoms with van der Waals surface area (Å²) in [6, 6.07) is 8.56. The van der Waals surface area contributed by atoms with Crippen molar-refractivity contribution in [1.82, 2.24) is 9.66 Å². The predicted molar refractivity (Wildman–Crippen MR) is 99.7 cm³/mol. The highest BCUT2D eigenvalue weighted by Gasteiger charge is 2.13. The van der Waals surface area contributed by atoms with Gasteiger partial charge in [0, 0.05) is 11.6 Å². The van der Waals surface area contributed by atoms with E-state index in [0.29, 0.717) is 33.8 Å². The van der Waals surface area contributed by atoms with Crippen molar-refractivity contribution in [3.63, 3.8) is 0 Å². The van der Waals surface area contributed by atoms with Crippen LogP contribution in [0, 0.1) is 13.8 Å². The van der Waals surface area contributed by atoms with Crippen LogP contribution in [-0.2, 0) is 0 Å². The average molecular weight is 353 g/mol. The van der Waals surface area contributed by atoms with Crippen molar-refractivity contribution in [3.05, 3.63) is 57.6 Å². The number of ether oxygens (including phenoxy) is 2. The maximum absolute atomic E-state index is 12.8. The van der Waals surface area contributed by atoms with Crippen LogP contribution in [0.2, 0.25) is 0 Å². The van der Waals surface area contributed by atoms with E-state index in [1.165, 1.54) is 25.1 Å². The van der Waals surface area contributed by atoms with Gasteiger partial charge < -0.3 is 14.6 Å². The molecule has 3 rings (SSSR count). The summed E-state index contributed by atoms with van der Waals surface area (Å²) < 4.78 is 11.7. The summed E-state index contributed by atoms with van der Waals surface area (Å²) in [5.74, 6) is 1.48. The van der Waals surface area contributed by atoms with Gasteiger partial charge in [0.15, 0.2) is 11.5 Å². The van der Waals surface area contributed by atoms with E-state index >= 15 is 0 Å². The second-order valence-electron chi connectivity index (χ2n) is 5.76. The zero-order valence-electron chi connectivity index (χ0n) is 15.0. The van der Waals surface area contributed by atoms with E-state index in [9.17, 15) is 9.90 Å². The Hall–Kier alpha value is -3.35. The van der Waals surface area contributed by atoms with Gasteiger partial charge in [0.25, 0.3) is 5.56 Å². The Kier molecular flexibility index (Phi) is 4.62. The molecule has 0 fully saturated rings. The Labute approximate surface area is 150 Å². The highest BCUT2D eigenvalue weighted by Crippen LogP contribution is 2.30. The molecular weight excluding hydrogens is 334 g/mol. The number of para-hydroxylation sites is 1. The summed E-state index contributed by atoms with van der Waals surface area (Å²) >= 11 is 0. The fraction of sp³-hybridized carbons (Fsp3) is 0.211. The van der Waals surface area contributed by atoms with Gasteiger partial charge in [0.2, 0.25) is 0 Å². The highest BCUT2D eigenvalue weighted by molar-refractivity contribution is 5.84. The van der Waals surface area contributed by atoms with Gasteiger partial charge in [-0.05, 0) is 31.5 Å². The SMILES string of the molecule is COc1cc2nc(C)n(/N=C/c3cccc(C)c3O)c(=O)c2cc1OC. The van der Waals surface area contributed by atoms with Crippen LogP contribution in [0.4, 0.5) is 0 Å². The first kappa shape index (κ1) is 17.5. The molecule has 0 atom stereocenters. The van der Waals surface area contributed by atoms with Gasteiger partial charge in [-0.25, -0.2) is 4.98 Å². The first-order valence-electron chi connectivity index (χ1n) is 7.94. The summed E-state index contributed by atoms with van der Waals surface area (Å²) in [6.45, 7) is 3.48. The second-order valence-corrected chi connectivity index (χ2v) is 5.76. The quantitative estimate of drug-likeness (QED) is 0.729. The third kappa shape index (κ3) is 2.99. The fourth-order valence-electron chi connectivity index (χ4n) is 2.66. The number of fused-ring (bicyclic) bond motifs is 1. The largest absolute Gasteiger partial charge is 0.507 e. The maximum Gasteiger partial charge on any atom is 0.282 e. The van der Waals surface area contributed by atoms with E-state index in [2.05, 4.69) is 10.1 Å². The summed E-state index contributed by atoms with van der Waals surface area (Å²) in [6.07, 6.45) is 1.44. The molecule has 1 aromatic heterocycles. The molecule has 0 radical (unpaired) electrons. The van der Waals surface area contributed by atoms with Crippen molar-refractivity contribution in [1.29, 1.82) is 0 Å². The lowest BCUT2D eigenvalue weighted by atomic mass is 10.1. The van der Waals surface area contributed by atoms with Crippen molar-refractivity contribution in [2.45, 2.75) is 13.8 Å². The van der Waals surface area contributed by atoms with Crippen LogP contribution in [0.5, 0.6) is 17.2 Å². The molecule has 7 heteroatoms. The summed E-state index contributed by atoms with van der Waals surface area (Å²) in [7, 11) is 3.03. The Morgan fingerprint density at radius 1 is 1.15 bits per heavy atom. The molecule has 0 aliphatic heterocycles. The third-order valence-corrected chi connectivity index (χ3v) is 4.09. The molecular formula is C19H19N3O4. The minimum atomic E-state index is -0.336. The minimum absolute atomic E-state index is 0.127. The highest BCUT2D eigenvalue weighted by atomic mass is 16.5. The van der Waals surface area contributed by atoms with Crippen LogP contribution in [0.1, 0.15) is 17.0 Å². The number of phenolic OH excluding ortho intramolecular Hbond substituents is 1. The molecule has 0 saturated heterocycles. The van der Waals surface area contributed by atoms with Crippen LogP contribution < -0.4 is 15.0 Å². The normalized spacial score (nSPS) is 11.2. The molecule has 0 aliphatic carbocycles. The topological polar surface area (TPSA) is 85.9 Å². The van der Waals surface area contributed by atoms with Crippen molar-refractivity contribution in [2.24, 2.45) is 5.10 Å². The van der Waals surface area contributed by atoms with E-state index in [1.54, 1.807) is 38.1 Å². The standard InChI is InChI=1S/C19H19N3O4/c1-11-6-5-7-13(18(11)23)10-20-22-12(2)21-15-9-17(26-4)16(25-3)8-14(15)19(22)24/h5-10,23H,1-4H3/b20-10+. The fourth-order valence-corrected chi connectivity index (χ4v) is 2.66. The van der Waals surface area contributed by atoms with E-state index in [1.807, 2.05) is 6.07 Å². The van der Waals surface area contributed by atoms with E-state index in [4.69, 9.17) is 9.47 Å². The Morgan fingerprint density at radius 2 is 1.85 bits per heavy atom. The zero-order valence-corrected chi connectivity index (χ0v) is 15.0. The lowest BCUT2D eigenvalue weighted by molar-refractivity contribution is 0.355. The number of aryl methyl sites for hydroxylation is 2. The van der Waals surface area contributed by atoms with Gasteiger partial charge in [-0.3, -0.25) is 4.79 Å². The van der Waals surface area contributed by atoms with Crippen molar-refractivity contribution in [2.75, 3.05) is 14.2 Å². The van der Waals surface area contributed by atoms with Crippen molar-refractivity contribution >= 4 is 17.1 Å². The first-order chi connectivity index (χ1) is 12.5. The monoisotopic (exact) mass is 353 g/mol. The number of benzene rings is 2. The molecule has 0 unspecified atom stereocenters. The number of nitrogens with zero attached hydrogens (tertiary/aromatic N) is 3. The minimum Gasteiger partial charge on any atom is -0.507 e. The lowest BCUT2D eigenvalue weighted by Crippen LogP contribution is -2.20. The van der Waals surface area contributed by atoms with Gasteiger partial charge in [-0.2, -0.15) is 9.78 Å². The Bertz CT molecular complexity index is 1070. The molecule has 26 heavy (non-hydrogen) atoms. The molecule has 0 spiro atoms. The number of phenols is 1. The van der Waals surface area contributed by atoms with Crippen LogP contribution in [0.3, 0.4) is 0 Å². The van der Waals surface area contributed by atoms with E-state index in [-0.39, 0.29) is 11.3 Å². The summed E-state index contributed by atoms with van der Waals surface area (Å²) in [4.78, 5) is 17.3. The van der Waals surface area contributed by atoms with Crippen molar-refractivity contribution in [3.8, 4) is 17.2 Å². The van der Waals surface area contributed by atoms with Gasteiger partial charge >= 0.3 is 0 Å². The van der Waals surface area contributed by atoms with Crippen LogP contribution in [0.25, 0.3) is 10.9 Å². The molecule has 0 bridgehead atoms. The zero-order chi connectivity index (χ0) is 18.8. The van der Waals surface area contributed by atoms with Gasteiger partial charge in [0.05, 0.1) is 31.3 Å². The van der Waals surface area contributed by atoms with Gasteiger partial charge in [0.1, 0.15) is 11.6 Å². The Morgan fingerprint density at radius 3 is 2.54 bits per heavy atom. The average Bonchev–Trinajstić information content (AvgIpc) is 2.63. The molecule has 134 valence electrons. The van der Waals surface area contributed by atoms with E-state index in [0.717, 1.165) is 5.56 Å². The second kappa shape index (κ2) is 6.87. The lowest BCUT2D eigenvalue weighted by Gasteiger charge is -2.10. The third-order valence-electron chi connectivity index (χ3n) is 4.09. The van der Waals surface area contributed by atoms with Gasteiger partial charge in [-0.1, -0.05) is 12.1 Å². The van der Waals surface area contributed by atoms with E-state index < -0.39 is 0 Å². The number of aromatic nitrogens is 2. The predicted octanol–water partition coefficient (Wildman–Crippen LogP) is 2.62. The number of methoxy groups -OCH3 is 2. The summed E-state index contributed by atoms with van der Waals surface area (Å²) in [5, 5.41) is 14.7. The maximum atomic E-state index is 12.8. The number of rotatable bonds is 4. The molecule has 0 saturated carbocycles. The number of hydrogen-bond acceptors (Lipinski definition) is 6. The summed E-state index contributed by atoms with van der Waals surface area (Å²) in [5.41, 5.74) is 1.40.